The van der Waals surface area contributed by atoms with Gasteiger partial charge in [-0.25, -0.2) is 0 Å². The molecule has 0 aliphatic carbocycles. The number of rotatable bonds is 5. The summed E-state index contributed by atoms with van der Waals surface area (Å²) in [7, 11) is 0.665. The largest absolute Gasteiger partial charge is 0.496 e. The Bertz CT molecular complexity index is 382. The summed E-state index contributed by atoms with van der Waals surface area (Å²) in [6, 6.07) is 5.65. The Hall–Kier alpha value is -0.390. The minimum Gasteiger partial charge on any atom is -0.496 e. The van der Waals surface area contributed by atoms with E-state index in [2.05, 4.69) is 15.9 Å². The van der Waals surface area contributed by atoms with Gasteiger partial charge in [0.15, 0.2) is 0 Å². The van der Waals surface area contributed by atoms with E-state index in [1.54, 1.807) is 7.11 Å². The summed E-state index contributed by atoms with van der Waals surface area (Å²) in [4.78, 5) is 0. The molecule has 2 unspecified atom stereocenters. The van der Waals surface area contributed by atoms with Gasteiger partial charge in [-0.1, -0.05) is 15.9 Å². The van der Waals surface area contributed by atoms with Crippen molar-refractivity contribution in [3.63, 3.8) is 0 Å². The second-order valence-corrected chi connectivity index (χ2v) is 6.10. The molecule has 0 aliphatic rings. The molecule has 0 fully saturated rings. The SMILES string of the molecule is COc1ccc(Br)cc1CS(=O)CC(C)N. The number of hydrogen-bond donors (Lipinski definition) is 1. The Morgan fingerprint density at radius 2 is 2.25 bits per heavy atom. The number of halogens is 1. The lowest BCUT2D eigenvalue weighted by Crippen LogP contribution is -2.23. The highest BCUT2D eigenvalue weighted by atomic mass is 79.9. The molecule has 1 aromatic rings. The lowest BCUT2D eigenvalue weighted by atomic mass is 10.2. The first kappa shape index (κ1) is 13.7. The highest BCUT2D eigenvalue weighted by Gasteiger charge is 2.09. The fourth-order valence-corrected chi connectivity index (χ4v) is 3.07. The molecule has 0 heterocycles. The molecule has 1 aromatic carbocycles. The predicted octanol–water partition coefficient (Wildman–Crippen LogP) is 2.05. The number of nitrogens with two attached hydrogens (primary N) is 1. The fourth-order valence-electron chi connectivity index (χ4n) is 1.39. The van der Waals surface area contributed by atoms with E-state index in [4.69, 9.17) is 10.5 Å². The average Bonchev–Trinajstić information content (AvgIpc) is 2.16. The van der Waals surface area contributed by atoms with E-state index in [0.29, 0.717) is 11.5 Å². The van der Waals surface area contributed by atoms with Gasteiger partial charge in [0.25, 0.3) is 0 Å². The number of benzene rings is 1. The third-order valence-corrected chi connectivity index (χ3v) is 4.03. The molecular formula is C11H16BrNO2S. The standard InChI is InChI=1S/C11H16BrNO2S/c1-8(13)6-16(14)7-9-5-10(12)3-4-11(9)15-2/h3-5,8H,6-7,13H2,1-2H3. The summed E-state index contributed by atoms with van der Waals surface area (Å²) in [5, 5.41) is 0. The second kappa shape index (κ2) is 6.37. The van der Waals surface area contributed by atoms with Crippen molar-refractivity contribution in [2.45, 2.75) is 18.7 Å². The Balaban J connectivity index is 2.79. The average molecular weight is 306 g/mol. The molecule has 2 N–H and O–H groups in total. The molecule has 0 bridgehead atoms. The van der Waals surface area contributed by atoms with Gasteiger partial charge < -0.3 is 10.5 Å². The van der Waals surface area contributed by atoms with Crippen molar-refractivity contribution >= 4 is 26.7 Å². The topological polar surface area (TPSA) is 52.3 Å². The third kappa shape index (κ3) is 4.23. The van der Waals surface area contributed by atoms with Crippen LogP contribution in [0.15, 0.2) is 22.7 Å². The van der Waals surface area contributed by atoms with Crippen molar-refractivity contribution in [3.05, 3.63) is 28.2 Å². The molecule has 0 aliphatic heterocycles. The van der Waals surface area contributed by atoms with E-state index < -0.39 is 10.8 Å². The van der Waals surface area contributed by atoms with Crippen LogP contribution in [0.2, 0.25) is 0 Å². The minimum absolute atomic E-state index is 0.0426. The third-order valence-electron chi connectivity index (χ3n) is 2.01. The maximum Gasteiger partial charge on any atom is 0.123 e. The van der Waals surface area contributed by atoms with Gasteiger partial charge in [0.05, 0.1) is 12.9 Å². The molecule has 0 amide bonds. The lowest BCUT2D eigenvalue weighted by molar-refractivity contribution is 0.411. The fraction of sp³-hybridized carbons (Fsp3) is 0.455. The van der Waals surface area contributed by atoms with Crippen LogP contribution in [0.1, 0.15) is 12.5 Å². The normalized spacial score (nSPS) is 14.5. The van der Waals surface area contributed by atoms with E-state index in [9.17, 15) is 4.21 Å². The molecule has 0 aromatic heterocycles. The van der Waals surface area contributed by atoms with Gasteiger partial charge in [-0.15, -0.1) is 0 Å². The van der Waals surface area contributed by atoms with E-state index in [-0.39, 0.29) is 6.04 Å². The van der Waals surface area contributed by atoms with E-state index in [0.717, 1.165) is 15.8 Å². The van der Waals surface area contributed by atoms with Crippen molar-refractivity contribution in [3.8, 4) is 5.75 Å². The maximum absolute atomic E-state index is 11.8. The summed E-state index contributed by atoms with van der Waals surface area (Å²) in [5.41, 5.74) is 6.55. The van der Waals surface area contributed by atoms with Crippen LogP contribution in [0.5, 0.6) is 5.75 Å². The molecule has 0 spiro atoms. The molecule has 0 radical (unpaired) electrons. The van der Waals surface area contributed by atoms with Gasteiger partial charge in [-0.2, -0.15) is 0 Å². The summed E-state index contributed by atoms with van der Waals surface area (Å²) in [6.07, 6.45) is 0. The Kier molecular flexibility index (Phi) is 5.44. The highest BCUT2D eigenvalue weighted by Crippen LogP contribution is 2.24. The molecule has 2 atom stereocenters. The van der Waals surface area contributed by atoms with E-state index >= 15 is 0 Å². The van der Waals surface area contributed by atoms with Crippen molar-refractivity contribution < 1.29 is 8.95 Å². The van der Waals surface area contributed by atoms with Crippen LogP contribution in [0.25, 0.3) is 0 Å². The Labute approximate surface area is 107 Å². The quantitative estimate of drug-likeness (QED) is 0.906. The molecular weight excluding hydrogens is 290 g/mol. The van der Waals surface area contributed by atoms with Gasteiger partial charge in [0.1, 0.15) is 5.75 Å². The van der Waals surface area contributed by atoms with Gasteiger partial charge in [-0.3, -0.25) is 4.21 Å². The summed E-state index contributed by atoms with van der Waals surface area (Å²) in [5.74, 6) is 1.75. The molecule has 1 rings (SSSR count). The van der Waals surface area contributed by atoms with Crippen LogP contribution >= 0.6 is 15.9 Å². The molecule has 0 saturated heterocycles. The second-order valence-electron chi connectivity index (χ2n) is 3.68. The monoisotopic (exact) mass is 305 g/mol. The van der Waals surface area contributed by atoms with Crippen LogP contribution in [0.4, 0.5) is 0 Å². The van der Waals surface area contributed by atoms with Crippen LogP contribution in [-0.2, 0) is 16.6 Å². The highest BCUT2D eigenvalue weighted by molar-refractivity contribution is 9.10. The van der Waals surface area contributed by atoms with Gasteiger partial charge in [-0.05, 0) is 25.1 Å². The zero-order valence-corrected chi connectivity index (χ0v) is 11.8. The summed E-state index contributed by atoms with van der Waals surface area (Å²) >= 11 is 3.39. The van der Waals surface area contributed by atoms with Crippen LogP contribution in [0, 0.1) is 0 Å². The summed E-state index contributed by atoms with van der Waals surface area (Å²) in [6.45, 7) is 1.86. The first-order valence-corrected chi connectivity index (χ1v) is 7.24. The van der Waals surface area contributed by atoms with Crippen molar-refractivity contribution in [2.75, 3.05) is 12.9 Å². The van der Waals surface area contributed by atoms with Crippen molar-refractivity contribution in [1.82, 2.24) is 0 Å². The van der Waals surface area contributed by atoms with Crippen LogP contribution in [-0.4, -0.2) is 23.1 Å². The van der Waals surface area contributed by atoms with Crippen molar-refractivity contribution in [2.24, 2.45) is 5.73 Å². The van der Waals surface area contributed by atoms with Crippen LogP contribution < -0.4 is 10.5 Å². The number of ether oxygens (including phenoxy) is 1. The zero-order chi connectivity index (χ0) is 12.1. The Morgan fingerprint density at radius 1 is 1.56 bits per heavy atom. The first-order chi connectivity index (χ1) is 7.52. The molecule has 3 nitrogen and oxygen atoms in total. The van der Waals surface area contributed by atoms with E-state index in [1.807, 2.05) is 25.1 Å². The molecule has 5 heteroatoms. The molecule has 0 saturated carbocycles. The first-order valence-electron chi connectivity index (χ1n) is 4.96. The zero-order valence-electron chi connectivity index (χ0n) is 9.40. The minimum atomic E-state index is -0.947. The molecule has 16 heavy (non-hydrogen) atoms. The van der Waals surface area contributed by atoms with Gasteiger partial charge in [0, 0.05) is 32.6 Å². The van der Waals surface area contributed by atoms with Crippen molar-refractivity contribution in [1.29, 1.82) is 0 Å². The van der Waals surface area contributed by atoms with Gasteiger partial charge in [0.2, 0.25) is 0 Å². The number of hydrogen-bond acceptors (Lipinski definition) is 3. The smallest absolute Gasteiger partial charge is 0.123 e. The lowest BCUT2D eigenvalue weighted by Gasteiger charge is -2.10. The number of methoxy groups -OCH3 is 1. The summed E-state index contributed by atoms with van der Waals surface area (Å²) < 4.78 is 17.9. The van der Waals surface area contributed by atoms with Crippen LogP contribution in [0.3, 0.4) is 0 Å². The van der Waals surface area contributed by atoms with Gasteiger partial charge >= 0.3 is 0 Å². The molecule has 90 valence electrons. The Morgan fingerprint density at radius 3 is 2.81 bits per heavy atom. The predicted molar refractivity (Wildman–Crippen MR) is 71.1 cm³/mol. The van der Waals surface area contributed by atoms with E-state index in [1.165, 1.54) is 0 Å². The maximum atomic E-state index is 11.8.